The molecule has 0 aromatic carbocycles. The Morgan fingerprint density at radius 3 is 2.34 bits per heavy atom. The summed E-state index contributed by atoms with van der Waals surface area (Å²) in [5.41, 5.74) is -1.08. The normalized spacial score (nSPS) is 42.5. The van der Waals surface area contributed by atoms with Gasteiger partial charge < -0.3 is 0 Å². The number of hydrogen-bond acceptors (Lipinski definition) is 5. The number of carbonyl (C=O) groups is 3. The highest BCUT2D eigenvalue weighted by Crippen LogP contribution is 2.74. The van der Waals surface area contributed by atoms with E-state index in [1.807, 2.05) is 32.9 Å². The molecular formula is C35H45N3O3. The van der Waals surface area contributed by atoms with Crippen LogP contribution in [-0.4, -0.2) is 27.0 Å². The van der Waals surface area contributed by atoms with Crippen LogP contribution in [0, 0.1) is 68.5 Å². The molecule has 41 heavy (non-hydrogen) atoms. The van der Waals surface area contributed by atoms with Gasteiger partial charge in [0.05, 0.1) is 11.0 Å². The van der Waals surface area contributed by atoms with Crippen molar-refractivity contribution < 1.29 is 14.4 Å². The van der Waals surface area contributed by atoms with Crippen LogP contribution in [-0.2, 0) is 9.59 Å². The van der Waals surface area contributed by atoms with Gasteiger partial charge in [0.1, 0.15) is 11.9 Å². The molecule has 3 saturated carbocycles. The Labute approximate surface area is 244 Å². The summed E-state index contributed by atoms with van der Waals surface area (Å²) in [5, 5.41) is 9.94. The fourth-order valence-electron chi connectivity index (χ4n) is 10.8. The van der Waals surface area contributed by atoms with Crippen LogP contribution in [0.4, 0.5) is 0 Å². The second kappa shape index (κ2) is 8.39. The molecule has 5 aliphatic carbocycles. The number of allylic oxidation sites excluding steroid dienone is 4. The predicted octanol–water partition coefficient (Wildman–Crippen LogP) is 7.05. The van der Waals surface area contributed by atoms with Gasteiger partial charge in [0.2, 0.25) is 5.91 Å². The number of aryl methyl sites for hydroxylation is 1. The van der Waals surface area contributed by atoms with Crippen molar-refractivity contribution in [1.82, 2.24) is 9.55 Å². The van der Waals surface area contributed by atoms with Gasteiger partial charge >= 0.3 is 0 Å². The average molecular weight is 556 g/mol. The molecule has 6 nitrogen and oxygen atoms in total. The van der Waals surface area contributed by atoms with Crippen LogP contribution in [0.25, 0.3) is 0 Å². The standard InChI is InChI=1S/C35H45N3O3/c1-21-37-15-16-38(21)29(41)35-13-11-30(2,3)19-23(35)27-24(39)17-26-32(6)18-22(20-36)28(40)31(4,5)25(32)9-10-33(26,7)34(27,8)12-14-35/h15-18,23,25,27H,9-14,19H2,1-8H3/t23-,25?,27+,32+,33-,34-,35+/m1/s1. The van der Waals surface area contributed by atoms with E-state index in [2.05, 4.69) is 45.7 Å². The summed E-state index contributed by atoms with van der Waals surface area (Å²) in [5.74, 6) is 0.563. The zero-order valence-corrected chi connectivity index (χ0v) is 26.1. The van der Waals surface area contributed by atoms with Gasteiger partial charge in [-0.05, 0) is 86.0 Å². The number of imidazole rings is 1. The van der Waals surface area contributed by atoms with E-state index in [1.54, 1.807) is 17.0 Å². The Balaban J connectivity index is 1.53. The molecular weight excluding hydrogens is 510 g/mol. The second-order valence-corrected chi connectivity index (χ2v) is 16.1. The maximum atomic E-state index is 14.6. The average Bonchev–Trinajstić information content (AvgIpc) is 3.32. The number of hydrogen-bond donors (Lipinski definition) is 0. The minimum atomic E-state index is -0.679. The van der Waals surface area contributed by atoms with Gasteiger partial charge in [0.25, 0.3) is 0 Å². The number of Topliss-reactive ketones (excluding diaryl/α,β-unsaturated/α-hetero) is 1. The van der Waals surface area contributed by atoms with E-state index >= 15 is 0 Å². The first kappa shape index (κ1) is 28.3. The zero-order valence-electron chi connectivity index (χ0n) is 26.1. The SMILES string of the molecule is Cc1nccn1C(=O)[C@]12CCC(C)(C)C[C@@H]1[C@H]1C(=O)C=C3[C@@]4(C)C=C(C#N)C(=O)C(C)(C)C4CC[C@@]3(C)[C@]1(C)CC2. The summed E-state index contributed by atoms with van der Waals surface area (Å²) in [4.78, 5) is 46.7. The number of nitrogens with zero attached hydrogens (tertiary/aromatic N) is 3. The third-order valence-electron chi connectivity index (χ3n) is 13.3. The van der Waals surface area contributed by atoms with Crippen LogP contribution < -0.4 is 0 Å². The summed E-state index contributed by atoms with van der Waals surface area (Å²) < 4.78 is 1.73. The Hall–Kier alpha value is -2.81. The lowest BCUT2D eigenvalue weighted by Gasteiger charge is -2.69. The van der Waals surface area contributed by atoms with Crippen LogP contribution in [0.2, 0.25) is 0 Å². The molecule has 1 heterocycles. The summed E-state index contributed by atoms with van der Waals surface area (Å²) >= 11 is 0. The highest BCUT2D eigenvalue weighted by Gasteiger charge is 2.71. The van der Waals surface area contributed by atoms with Crippen molar-refractivity contribution in [3.63, 3.8) is 0 Å². The highest BCUT2D eigenvalue weighted by molar-refractivity contribution is 6.04. The van der Waals surface area contributed by atoms with Gasteiger partial charge in [-0.2, -0.15) is 5.26 Å². The first-order chi connectivity index (χ1) is 19.0. The molecule has 1 unspecified atom stereocenters. The van der Waals surface area contributed by atoms with Crippen molar-refractivity contribution in [3.8, 4) is 6.07 Å². The minimum Gasteiger partial charge on any atom is -0.295 e. The van der Waals surface area contributed by atoms with E-state index in [0.717, 1.165) is 50.5 Å². The molecule has 1 aromatic heterocycles. The number of ketones is 2. The van der Waals surface area contributed by atoms with Gasteiger partial charge in [-0.15, -0.1) is 0 Å². The fourth-order valence-corrected chi connectivity index (χ4v) is 10.8. The van der Waals surface area contributed by atoms with Crippen molar-refractivity contribution in [3.05, 3.63) is 41.5 Å². The summed E-state index contributed by atoms with van der Waals surface area (Å²) in [6.45, 7) is 17.2. The van der Waals surface area contributed by atoms with Gasteiger partial charge in [-0.1, -0.05) is 60.1 Å². The van der Waals surface area contributed by atoms with Crippen LogP contribution in [0.1, 0.15) is 104 Å². The Kier molecular flexibility index (Phi) is 5.80. The number of aromatic nitrogens is 2. The molecule has 6 rings (SSSR count). The molecule has 0 saturated heterocycles. The Morgan fingerprint density at radius 1 is 1.02 bits per heavy atom. The molecule has 6 heteroatoms. The van der Waals surface area contributed by atoms with Crippen LogP contribution >= 0.6 is 0 Å². The van der Waals surface area contributed by atoms with E-state index in [4.69, 9.17) is 0 Å². The molecule has 3 fully saturated rings. The van der Waals surface area contributed by atoms with Crippen molar-refractivity contribution in [1.29, 1.82) is 5.26 Å². The molecule has 0 amide bonds. The van der Waals surface area contributed by atoms with E-state index in [9.17, 15) is 19.6 Å². The smallest absolute Gasteiger partial charge is 0.238 e. The highest BCUT2D eigenvalue weighted by atomic mass is 16.2. The van der Waals surface area contributed by atoms with E-state index < -0.39 is 16.2 Å². The van der Waals surface area contributed by atoms with Crippen molar-refractivity contribution in [2.45, 2.75) is 100 Å². The molecule has 5 aliphatic rings. The molecule has 0 bridgehead atoms. The molecule has 0 N–H and O–H groups in total. The molecule has 0 aliphatic heterocycles. The largest absolute Gasteiger partial charge is 0.295 e. The van der Waals surface area contributed by atoms with Crippen LogP contribution in [0.15, 0.2) is 35.7 Å². The number of fused-ring (bicyclic) bond motifs is 7. The molecule has 7 atom stereocenters. The first-order valence-corrected chi connectivity index (χ1v) is 15.5. The molecule has 0 radical (unpaired) electrons. The molecule has 218 valence electrons. The van der Waals surface area contributed by atoms with E-state index in [-0.39, 0.29) is 57.0 Å². The number of carbonyl (C=O) groups excluding carboxylic acids is 3. The summed E-state index contributed by atoms with van der Waals surface area (Å²) in [7, 11) is 0. The molecule has 1 aromatic rings. The monoisotopic (exact) mass is 555 g/mol. The van der Waals surface area contributed by atoms with Gasteiger partial charge in [0.15, 0.2) is 11.6 Å². The van der Waals surface area contributed by atoms with Gasteiger partial charge in [-0.25, -0.2) is 4.98 Å². The summed E-state index contributed by atoms with van der Waals surface area (Å²) in [6, 6.07) is 2.19. The van der Waals surface area contributed by atoms with Crippen molar-refractivity contribution >= 4 is 17.5 Å². The Morgan fingerprint density at radius 2 is 1.71 bits per heavy atom. The van der Waals surface area contributed by atoms with E-state index in [1.165, 1.54) is 0 Å². The second-order valence-electron chi connectivity index (χ2n) is 16.1. The lowest BCUT2D eigenvalue weighted by Crippen LogP contribution is -2.66. The van der Waals surface area contributed by atoms with Crippen molar-refractivity contribution in [2.75, 3.05) is 0 Å². The van der Waals surface area contributed by atoms with Gasteiger partial charge in [-0.3, -0.25) is 19.0 Å². The first-order valence-electron chi connectivity index (χ1n) is 15.5. The molecule has 0 spiro atoms. The number of rotatable bonds is 1. The minimum absolute atomic E-state index is 0.0222. The van der Waals surface area contributed by atoms with Crippen molar-refractivity contribution in [2.24, 2.45) is 50.2 Å². The maximum absolute atomic E-state index is 14.6. The fraction of sp³-hybridized carbons (Fsp3) is 0.686. The van der Waals surface area contributed by atoms with E-state index in [0.29, 0.717) is 5.82 Å². The van der Waals surface area contributed by atoms with Gasteiger partial charge in [0, 0.05) is 29.1 Å². The zero-order chi connectivity index (χ0) is 30.0. The topological polar surface area (TPSA) is 92.8 Å². The lowest BCUT2D eigenvalue weighted by atomic mass is 9.34. The predicted molar refractivity (Wildman–Crippen MR) is 156 cm³/mol. The summed E-state index contributed by atoms with van der Waals surface area (Å²) in [6.07, 6.45) is 13.2. The maximum Gasteiger partial charge on any atom is 0.238 e. The lowest BCUT2D eigenvalue weighted by molar-refractivity contribution is -0.164. The number of nitriles is 1. The third kappa shape index (κ3) is 3.41. The van der Waals surface area contributed by atoms with Crippen LogP contribution in [0.5, 0.6) is 0 Å². The quantitative estimate of drug-likeness (QED) is 0.370. The van der Waals surface area contributed by atoms with Crippen LogP contribution in [0.3, 0.4) is 0 Å². The third-order valence-corrected chi connectivity index (χ3v) is 13.3. The Bertz CT molecular complexity index is 1490.